The van der Waals surface area contributed by atoms with Crippen molar-refractivity contribution >= 4 is 28.5 Å². The second-order valence-corrected chi connectivity index (χ2v) is 8.03. The molecule has 0 saturated heterocycles. The molecule has 3 aromatic heterocycles. The fourth-order valence-corrected chi connectivity index (χ4v) is 3.89. The maximum Gasteiger partial charge on any atom is 0.268 e. The molecule has 1 aromatic carbocycles. The first-order chi connectivity index (χ1) is 14.9. The monoisotopic (exact) mass is 432 g/mol. The number of amides is 1. The highest BCUT2D eigenvalue weighted by Gasteiger charge is 2.18. The number of hydrogen-bond donors (Lipinski definition) is 1. The molecule has 3 heterocycles. The molecular formula is C23H20N4O3S. The van der Waals surface area contributed by atoms with Gasteiger partial charge in [0.2, 0.25) is 5.91 Å². The molecule has 1 N–H and O–H groups in total. The Kier molecular flexibility index (Phi) is 5.64. The Morgan fingerprint density at radius 2 is 2.03 bits per heavy atom. The molecule has 4 aromatic rings. The van der Waals surface area contributed by atoms with E-state index in [0.717, 1.165) is 20.7 Å². The van der Waals surface area contributed by atoms with Crippen LogP contribution in [0.3, 0.4) is 0 Å². The minimum Gasteiger partial charge on any atom is -0.356 e. The van der Waals surface area contributed by atoms with Gasteiger partial charge in [0.05, 0.1) is 16.1 Å². The number of carbonyl (C=O) groups excluding carboxylic acids is 1. The summed E-state index contributed by atoms with van der Waals surface area (Å²) in [5, 5.41) is 13.2. The summed E-state index contributed by atoms with van der Waals surface area (Å²) >= 11 is 1.48. The van der Waals surface area contributed by atoms with Crippen LogP contribution in [-0.2, 0) is 11.3 Å². The molecule has 0 saturated carbocycles. The predicted octanol–water partition coefficient (Wildman–Crippen LogP) is 4.61. The highest BCUT2D eigenvalue weighted by atomic mass is 32.1. The molecule has 8 heteroatoms. The van der Waals surface area contributed by atoms with E-state index in [1.54, 1.807) is 19.1 Å². The molecule has 31 heavy (non-hydrogen) atoms. The number of thiophene rings is 1. The average molecular weight is 433 g/mol. The first-order valence-corrected chi connectivity index (χ1v) is 10.4. The predicted molar refractivity (Wildman–Crippen MR) is 122 cm³/mol. The number of benzene rings is 1. The van der Waals surface area contributed by atoms with E-state index < -0.39 is 5.56 Å². The van der Waals surface area contributed by atoms with Crippen molar-refractivity contribution in [1.82, 2.24) is 14.9 Å². The number of aryl methyl sites for hydroxylation is 1. The van der Waals surface area contributed by atoms with E-state index in [1.165, 1.54) is 17.4 Å². The van der Waals surface area contributed by atoms with E-state index in [4.69, 9.17) is 4.52 Å². The third-order valence-corrected chi connectivity index (χ3v) is 5.48. The van der Waals surface area contributed by atoms with Crippen LogP contribution in [0.15, 0.2) is 69.8 Å². The number of carbonyl (C=O) groups is 1. The zero-order valence-corrected chi connectivity index (χ0v) is 17.9. The van der Waals surface area contributed by atoms with Crippen LogP contribution in [0.2, 0.25) is 0 Å². The minimum absolute atomic E-state index is 0.225. The fraction of sp³-hybridized carbons (Fsp3) is 0.130. The lowest BCUT2D eigenvalue weighted by Gasteiger charge is -2.12. The fourth-order valence-electron chi connectivity index (χ4n) is 3.17. The summed E-state index contributed by atoms with van der Waals surface area (Å²) in [6.45, 7) is 7.39. The molecular weight excluding hydrogens is 412 g/mol. The van der Waals surface area contributed by atoms with Gasteiger partial charge in [0, 0.05) is 23.4 Å². The minimum atomic E-state index is -0.410. The Bertz CT molecular complexity index is 1320. The lowest BCUT2D eigenvalue weighted by Crippen LogP contribution is -2.30. The Balaban J connectivity index is 1.68. The van der Waals surface area contributed by atoms with Crippen molar-refractivity contribution in [1.29, 1.82) is 0 Å². The summed E-state index contributed by atoms with van der Waals surface area (Å²) in [6.07, 6.45) is 0. The van der Waals surface area contributed by atoms with E-state index in [2.05, 4.69) is 22.2 Å². The lowest BCUT2D eigenvalue weighted by molar-refractivity contribution is -0.117. The van der Waals surface area contributed by atoms with Crippen LogP contribution >= 0.6 is 11.3 Å². The maximum atomic E-state index is 12.8. The summed E-state index contributed by atoms with van der Waals surface area (Å²) < 4.78 is 6.51. The second kappa shape index (κ2) is 8.53. The third kappa shape index (κ3) is 4.39. The highest BCUT2D eigenvalue weighted by Crippen LogP contribution is 2.32. The van der Waals surface area contributed by atoms with Crippen LogP contribution in [0.25, 0.3) is 27.5 Å². The van der Waals surface area contributed by atoms with Gasteiger partial charge in [0.15, 0.2) is 5.76 Å². The van der Waals surface area contributed by atoms with E-state index in [-0.39, 0.29) is 12.5 Å². The van der Waals surface area contributed by atoms with Crippen LogP contribution in [0.1, 0.15) is 18.2 Å². The molecule has 0 aliphatic rings. The standard InChI is InChI=1S/C23H20N4O3S/c1-14(2)16-7-4-5-8-18(16)24-21(28)13-27-22(29)12-17(19-11-15(3)26-30-19)23(25-27)20-9-6-10-31-20/h4-12H,1,13H2,2-3H3,(H,24,28). The van der Waals surface area contributed by atoms with Gasteiger partial charge in [-0.1, -0.05) is 36.0 Å². The second-order valence-electron chi connectivity index (χ2n) is 7.09. The number of nitrogens with one attached hydrogen (secondary N) is 1. The normalized spacial score (nSPS) is 10.8. The summed E-state index contributed by atoms with van der Waals surface area (Å²) in [4.78, 5) is 26.3. The molecule has 0 spiro atoms. The molecule has 1 amide bonds. The first-order valence-electron chi connectivity index (χ1n) is 9.57. The van der Waals surface area contributed by atoms with Crippen molar-refractivity contribution in [3.8, 4) is 21.9 Å². The van der Waals surface area contributed by atoms with Gasteiger partial charge < -0.3 is 9.84 Å². The number of anilines is 1. The lowest BCUT2D eigenvalue weighted by atomic mass is 10.1. The largest absolute Gasteiger partial charge is 0.356 e. The number of nitrogens with zero attached hydrogens (tertiary/aromatic N) is 3. The number of para-hydroxylation sites is 1. The van der Waals surface area contributed by atoms with Gasteiger partial charge in [0.25, 0.3) is 5.56 Å². The van der Waals surface area contributed by atoms with Gasteiger partial charge in [0.1, 0.15) is 12.2 Å². The maximum absolute atomic E-state index is 12.8. The van der Waals surface area contributed by atoms with Crippen molar-refractivity contribution in [2.75, 3.05) is 5.32 Å². The Morgan fingerprint density at radius 3 is 2.71 bits per heavy atom. The van der Waals surface area contributed by atoms with Crippen molar-refractivity contribution in [2.45, 2.75) is 20.4 Å². The molecule has 4 rings (SSSR count). The van der Waals surface area contributed by atoms with Gasteiger partial charge >= 0.3 is 0 Å². The first kappa shape index (κ1) is 20.5. The molecule has 7 nitrogen and oxygen atoms in total. The number of aromatic nitrogens is 3. The quantitative estimate of drug-likeness (QED) is 0.481. The van der Waals surface area contributed by atoms with Crippen molar-refractivity contribution in [2.24, 2.45) is 0 Å². The van der Waals surface area contributed by atoms with Crippen molar-refractivity contribution in [3.63, 3.8) is 0 Å². The molecule has 0 fully saturated rings. The van der Waals surface area contributed by atoms with Gasteiger partial charge in [-0.25, -0.2) is 4.68 Å². The number of hydrogen-bond acceptors (Lipinski definition) is 6. The molecule has 0 aliphatic carbocycles. The number of allylic oxidation sites excluding steroid dienone is 1. The zero-order chi connectivity index (χ0) is 22.0. The summed E-state index contributed by atoms with van der Waals surface area (Å²) in [6, 6.07) is 14.4. The summed E-state index contributed by atoms with van der Waals surface area (Å²) in [5.41, 5.74) is 3.70. The topological polar surface area (TPSA) is 90.0 Å². The van der Waals surface area contributed by atoms with Gasteiger partial charge in [-0.15, -0.1) is 11.3 Å². The van der Waals surface area contributed by atoms with Gasteiger partial charge in [-0.05, 0) is 36.9 Å². The Morgan fingerprint density at radius 1 is 1.23 bits per heavy atom. The highest BCUT2D eigenvalue weighted by molar-refractivity contribution is 7.13. The van der Waals surface area contributed by atoms with Crippen molar-refractivity contribution in [3.05, 3.63) is 82.1 Å². The van der Waals surface area contributed by atoms with Crippen LogP contribution < -0.4 is 10.9 Å². The molecule has 0 unspecified atom stereocenters. The van der Waals surface area contributed by atoms with Gasteiger partial charge in [-0.2, -0.15) is 5.10 Å². The van der Waals surface area contributed by atoms with E-state index in [0.29, 0.717) is 28.4 Å². The van der Waals surface area contributed by atoms with E-state index in [1.807, 2.05) is 42.6 Å². The SMILES string of the molecule is C=C(C)c1ccccc1NC(=O)Cn1nc(-c2cccs2)c(-c2cc(C)no2)cc1=O. The molecule has 0 atom stereocenters. The Hall–Kier alpha value is -3.78. The van der Waals surface area contributed by atoms with Crippen molar-refractivity contribution < 1.29 is 9.32 Å². The van der Waals surface area contributed by atoms with Crippen LogP contribution in [0, 0.1) is 6.92 Å². The number of rotatable bonds is 6. The molecule has 0 radical (unpaired) electrons. The Labute approximate surface area is 182 Å². The zero-order valence-electron chi connectivity index (χ0n) is 17.1. The molecule has 0 bridgehead atoms. The third-order valence-electron chi connectivity index (χ3n) is 4.60. The van der Waals surface area contributed by atoms with Crippen LogP contribution in [0.4, 0.5) is 5.69 Å². The van der Waals surface area contributed by atoms with Gasteiger partial charge in [-0.3, -0.25) is 9.59 Å². The molecule has 156 valence electrons. The van der Waals surface area contributed by atoms with E-state index in [9.17, 15) is 9.59 Å². The average Bonchev–Trinajstić information content (AvgIpc) is 3.41. The summed E-state index contributed by atoms with van der Waals surface area (Å²) in [5.74, 6) is 0.0983. The van der Waals surface area contributed by atoms with Crippen LogP contribution in [-0.4, -0.2) is 20.8 Å². The van der Waals surface area contributed by atoms with E-state index >= 15 is 0 Å². The summed E-state index contributed by atoms with van der Waals surface area (Å²) in [7, 11) is 0. The molecule has 0 aliphatic heterocycles. The van der Waals surface area contributed by atoms with Crippen LogP contribution in [0.5, 0.6) is 0 Å². The smallest absolute Gasteiger partial charge is 0.268 e.